The Kier molecular flexibility index (Phi) is 4.89. The Morgan fingerprint density at radius 2 is 2.07 bits per heavy atom. The summed E-state index contributed by atoms with van der Waals surface area (Å²) in [5, 5.41) is 13.3. The van der Waals surface area contributed by atoms with Crippen LogP contribution in [-0.4, -0.2) is 20.2 Å². The zero-order chi connectivity index (χ0) is 20.0. The largest absolute Gasteiger partial charge is 0.330 e. The quantitative estimate of drug-likeness (QED) is 0.425. The van der Waals surface area contributed by atoms with Crippen LogP contribution in [0.2, 0.25) is 0 Å². The van der Waals surface area contributed by atoms with Crippen molar-refractivity contribution in [1.82, 2.24) is 20.2 Å². The molecule has 0 spiro atoms. The van der Waals surface area contributed by atoms with Crippen molar-refractivity contribution in [2.75, 3.05) is 5.32 Å². The predicted octanol–water partition coefficient (Wildman–Crippen LogP) is 4.98. The van der Waals surface area contributed by atoms with E-state index in [1.165, 1.54) is 44.7 Å². The summed E-state index contributed by atoms with van der Waals surface area (Å²) >= 11 is 4.70. The number of aryl methyl sites for hydroxylation is 4. The minimum absolute atomic E-state index is 0.0145. The number of thioether (sulfide) groups is 1. The van der Waals surface area contributed by atoms with E-state index in [0.717, 1.165) is 44.6 Å². The molecule has 9 heteroatoms. The van der Waals surface area contributed by atoms with E-state index in [0.29, 0.717) is 11.6 Å². The van der Waals surface area contributed by atoms with Crippen molar-refractivity contribution >= 4 is 55.5 Å². The number of hydrogen-bond acceptors (Lipinski definition) is 8. The highest BCUT2D eigenvalue weighted by Gasteiger charge is 2.21. The van der Waals surface area contributed by atoms with Gasteiger partial charge in [0, 0.05) is 10.6 Å². The van der Waals surface area contributed by atoms with E-state index in [9.17, 15) is 4.79 Å². The van der Waals surface area contributed by atoms with E-state index in [-0.39, 0.29) is 5.56 Å². The molecule has 0 amide bonds. The number of anilines is 2. The molecule has 1 aliphatic carbocycles. The number of fused-ring (bicyclic) bond motifs is 3. The number of nitrogens with one attached hydrogen (secondary N) is 2. The Morgan fingerprint density at radius 3 is 2.93 bits per heavy atom. The zero-order valence-electron chi connectivity index (χ0n) is 16.0. The summed E-state index contributed by atoms with van der Waals surface area (Å²) in [6.07, 6.45) is 3.21. The van der Waals surface area contributed by atoms with Gasteiger partial charge in [0.2, 0.25) is 5.13 Å². The van der Waals surface area contributed by atoms with E-state index >= 15 is 0 Å². The smallest absolute Gasteiger partial charge is 0.259 e. The third-order valence-corrected chi connectivity index (χ3v) is 8.29. The van der Waals surface area contributed by atoms with Crippen LogP contribution in [0.1, 0.15) is 33.8 Å². The number of aromatic nitrogens is 4. The van der Waals surface area contributed by atoms with Gasteiger partial charge in [0.05, 0.1) is 11.1 Å². The van der Waals surface area contributed by atoms with Gasteiger partial charge in [0.15, 0.2) is 4.34 Å². The lowest BCUT2D eigenvalue weighted by Gasteiger charge is -2.05. The summed E-state index contributed by atoms with van der Waals surface area (Å²) in [6, 6.07) is 6.23. The summed E-state index contributed by atoms with van der Waals surface area (Å²) in [4.78, 5) is 22.4. The highest BCUT2D eigenvalue weighted by Crippen LogP contribution is 2.35. The number of benzene rings is 1. The zero-order valence-corrected chi connectivity index (χ0v) is 18.5. The molecule has 3 heterocycles. The van der Waals surface area contributed by atoms with Gasteiger partial charge >= 0.3 is 0 Å². The molecule has 2 N–H and O–H groups in total. The molecular formula is C20H19N5OS3. The van der Waals surface area contributed by atoms with Gasteiger partial charge in [0.25, 0.3) is 5.56 Å². The van der Waals surface area contributed by atoms with Gasteiger partial charge in [-0.05, 0) is 61.9 Å². The predicted molar refractivity (Wildman–Crippen MR) is 121 cm³/mol. The number of thiophene rings is 1. The molecule has 5 rings (SSSR count). The highest BCUT2D eigenvalue weighted by molar-refractivity contribution is 8.00. The van der Waals surface area contributed by atoms with Gasteiger partial charge in [-0.1, -0.05) is 29.2 Å². The van der Waals surface area contributed by atoms with Gasteiger partial charge in [-0.2, -0.15) is 0 Å². The van der Waals surface area contributed by atoms with Crippen LogP contribution in [-0.2, 0) is 18.6 Å². The number of aromatic amines is 1. The molecule has 4 aromatic rings. The minimum Gasteiger partial charge on any atom is -0.330 e. The molecule has 0 saturated carbocycles. The summed E-state index contributed by atoms with van der Waals surface area (Å²) in [7, 11) is 0. The SMILES string of the molecule is Cc1ccc(Nc2nnc(SCc3nc4sc5c(c4c(=O)[nH]3)CCC5)s2)cc1C. The summed E-state index contributed by atoms with van der Waals surface area (Å²) in [6.45, 7) is 4.19. The third-order valence-electron chi connectivity index (χ3n) is 5.12. The molecule has 29 heavy (non-hydrogen) atoms. The molecule has 0 atom stereocenters. The van der Waals surface area contributed by atoms with Crippen LogP contribution in [0.3, 0.4) is 0 Å². The second-order valence-electron chi connectivity index (χ2n) is 7.14. The molecule has 0 radical (unpaired) electrons. The van der Waals surface area contributed by atoms with Crippen molar-refractivity contribution in [2.24, 2.45) is 0 Å². The Hall–Kier alpha value is -2.23. The summed E-state index contributed by atoms with van der Waals surface area (Å²) in [5.41, 5.74) is 4.70. The Bertz CT molecular complexity index is 1270. The maximum atomic E-state index is 12.6. The van der Waals surface area contributed by atoms with E-state index in [2.05, 4.69) is 51.5 Å². The molecule has 0 unspecified atom stereocenters. The molecule has 0 fully saturated rings. The van der Waals surface area contributed by atoms with Crippen LogP contribution in [0.25, 0.3) is 10.2 Å². The van der Waals surface area contributed by atoms with Crippen molar-refractivity contribution in [1.29, 1.82) is 0 Å². The van der Waals surface area contributed by atoms with Gasteiger partial charge < -0.3 is 10.3 Å². The van der Waals surface area contributed by atoms with E-state index < -0.39 is 0 Å². The second-order valence-corrected chi connectivity index (χ2v) is 10.4. The van der Waals surface area contributed by atoms with E-state index in [1.54, 1.807) is 11.3 Å². The highest BCUT2D eigenvalue weighted by atomic mass is 32.2. The fraction of sp³-hybridized carbons (Fsp3) is 0.300. The standard InChI is InChI=1S/C20H19N5OS3/c1-10-6-7-12(8-11(10)2)21-19-24-25-20(29-19)27-9-15-22-17(26)16-13-4-3-5-14(13)28-18(16)23-15/h6-8H,3-5,9H2,1-2H3,(H,21,24)(H,22,23,26). The fourth-order valence-electron chi connectivity index (χ4n) is 3.51. The molecule has 0 aliphatic heterocycles. The number of hydrogen-bond donors (Lipinski definition) is 2. The monoisotopic (exact) mass is 441 g/mol. The first kappa shape index (κ1) is 18.8. The lowest BCUT2D eigenvalue weighted by atomic mass is 10.1. The first-order valence-electron chi connectivity index (χ1n) is 9.41. The van der Waals surface area contributed by atoms with Gasteiger partial charge in [-0.15, -0.1) is 21.5 Å². The molecule has 0 saturated heterocycles. The van der Waals surface area contributed by atoms with E-state index in [4.69, 9.17) is 0 Å². The minimum atomic E-state index is -0.0145. The molecule has 1 aromatic carbocycles. The number of H-pyrrole nitrogens is 1. The first-order chi connectivity index (χ1) is 14.1. The molecule has 148 valence electrons. The average Bonchev–Trinajstić information content (AvgIpc) is 3.39. The van der Waals surface area contributed by atoms with Gasteiger partial charge in [-0.25, -0.2) is 4.98 Å². The lowest BCUT2D eigenvalue weighted by Crippen LogP contribution is -2.11. The van der Waals surface area contributed by atoms with Gasteiger partial charge in [-0.3, -0.25) is 4.79 Å². The topological polar surface area (TPSA) is 83.6 Å². The van der Waals surface area contributed by atoms with Crippen molar-refractivity contribution in [3.63, 3.8) is 0 Å². The Labute approximate surface area is 179 Å². The second kappa shape index (κ2) is 7.55. The fourth-order valence-corrected chi connectivity index (χ4v) is 6.43. The molecule has 1 aliphatic rings. The molecular weight excluding hydrogens is 422 g/mol. The molecule has 0 bridgehead atoms. The van der Waals surface area contributed by atoms with Crippen molar-refractivity contribution in [3.8, 4) is 0 Å². The van der Waals surface area contributed by atoms with E-state index in [1.807, 2.05) is 6.07 Å². The van der Waals surface area contributed by atoms with Crippen LogP contribution in [0.15, 0.2) is 27.3 Å². The molecule has 6 nitrogen and oxygen atoms in total. The van der Waals surface area contributed by atoms with Crippen molar-refractivity contribution in [3.05, 3.63) is 55.9 Å². The number of rotatable bonds is 5. The normalized spacial score (nSPS) is 13.2. The summed E-state index contributed by atoms with van der Waals surface area (Å²) < 4.78 is 0.841. The molecule has 3 aromatic heterocycles. The number of nitrogens with zero attached hydrogens (tertiary/aromatic N) is 3. The van der Waals surface area contributed by atoms with Crippen LogP contribution in [0.4, 0.5) is 10.8 Å². The lowest BCUT2D eigenvalue weighted by molar-refractivity contribution is 0.916. The maximum absolute atomic E-state index is 12.6. The average molecular weight is 442 g/mol. The first-order valence-corrected chi connectivity index (χ1v) is 12.0. The Morgan fingerprint density at radius 1 is 1.17 bits per heavy atom. The van der Waals surface area contributed by atoms with Crippen LogP contribution < -0.4 is 10.9 Å². The van der Waals surface area contributed by atoms with Crippen molar-refractivity contribution < 1.29 is 0 Å². The maximum Gasteiger partial charge on any atom is 0.259 e. The van der Waals surface area contributed by atoms with Crippen LogP contribution >= 0.6 is 34.4 Å². The third kappa shape index (κ3) is 3.70. The van der Waals surface area contributed by atoms with Gasteiger partial charge in [0.1, 0.15) is 10.7 Å². The van der Waals surface area contributed by atoms with Crippen LogP contribution in [0, 0.1) is 13.8 Å². The summed E-state index contributed by atoms with van der Waals surface area (Å²) in [5.74, 6) is 1.25. The Balaban J connectivity index is 1.29. The van der Waals surface area contributed by atoms with Crippen LogP contribution in [0.5, 0.6) is 0 Å². The van der Waals surface area contributed by atoms with Crippen molar-refractivity contribution in [2.45, 2.75) is 43.2 Å².